The molecule has 1 heterocycles. The van der Waals surface area contributed by atoms with Gasteiger partial charge < -0.3 is 10.3 Å². The molecule has 1 aromatic heterocycles. The number of nitrogen functional groups attached to an aromatic ring is 1. The predicted molar refractivity (Wildman–Crippen MR) is 73.0 cm³/mol. The second-order valence-corrected chi connectivity index (χ2v) is 5.51. The first kappa shape index (κ1) is 12.0. The summed E-state index contributed by atoms with van der Waals surface area (Å²) in [5, 5.41) is 0. The monoisotopic (exact) mass is 231 g/mol. The first-order valence-corrected chi connectivity index (χ1v) is 6.15. The van der Waals surface area contributed by atoms with Crippen LogP contribution in [0.3, 0.4) is 0 Å². The van der Waals surface area contributed by atoms with Gasteiger partial charge >= 0.3 is 0 Å². The van der Waals surface area contributed by atoms with Crippen molar-refractivity contribution >= 4 is 16.7 Å². The van der Waals surface area contributed by atoms with Crippen LogP contribution in [0.5, 0.6) is 0 Å². The topological polar surface area (TPSA) is 43.8 Å². The predicted octanol–water partition coefficient (Wildman–Crippen LogP) is 3.36. The average molecular weight is 231 g/mol. The Balaban J connectivity index is 2.50. The number of hydrogen-bond donors (Lipinski definition) is 1. The number of nitrogens with zero attached hydrogens (tertiary/aromatic N) is 2. The summed E-state index contributed by atoms with van der Waals surface area (Å²) in [6.07, 6.45) is 1.15. The Morgan fingerprint density at radius 3 is 2.71 bits per heavy atom. The molecular weight excluding hydrogens is 210 g/mol. The molecule has 0 unspecified atom stereocenters. The van der Waals surface area contributed by atoms with Crippen LogP contribution in [-0.4, -0.2) is 9.55 Å². The fourth-order valence-corrected chi connectivity index (χ4v) is 2.01. The van der Waals surface area contributed by atoms with Crippen LogP contribution >= 0.6 is 0 Å². The van der Waals surface area contributed by atoms with Crippen LogP contribution in [0, 0.1) is 12.3 Å². The van der Waals surface area contributed by atoms with E-state index in [1.165, 1.54) is 5.52 Å². The summed E-state index contributed by atoms with van der Waals surface area (Å²) in [5.74, 6) is 1.06. The molecule has 0 bridgehead atoms. The number of aromatic nitrogens is 2. The van der Waals surface area contributed by atoms with Crippen molar-refractivity contribution in [3.8, 4) is 0 Å². The van der Waals surface area contributed by atoms with Crippen molar-refractivity contribution < 1.29 is 0 Å². The van der Waals surface area contributed by atoms with Gasteiger partial charge in [-0.1, -0.05) is 20.8 Å². The van der Waals surface area contributed by atoms with Gasteiger partial charge in [0.15, 0.2) is 0 Å². The zero-order valence-electron chi connectivity index (χ0n) is 11.1. The number of benzene rings is 1. The van der Waals surface area contributed by atoms with Crippen LogP contribution in [0.2, 0.25) is 0 Å². The van der Waals surface area contributed by atoms with Gasteiger partial charge in [0.2, 0.25) is 0 Å². The highest BCUT2D eigenvalue weighted by Crippen LogP contribution is 2.26. The molecule has 17 heavy (non-hydrogen) atoms. The number of imidazole rings is 1. The summed E-state index contributed by atoms with van der Waals surface area (Å²) in [6, 6.07) is 5.95. The molecule has 1 aromatic carbocycles. The third kappa shape index (κ3) is 2.28. The molecule has 0 radical (unpaired) electrons. The summed E-state index contributed by atoms with van der Waals surface area (Å²) in [6.45, 7) is 9.86. The van der Waals surface area contributed by atoms with E-state index in [1.807, 2.05) is 12.1 Å². The summed E-state index contributed by atoms with van der Waals surface area (Å²) in [5.41, 5.74) is 9.03. The van der Waals surface area contributed by atoms with Crippen LogP contribution in [0.15, 0.2) is 18.2 Å². The first-order chi connectivity index (χ1) is 7.93. The summed E-state index contributed by atoms with van der Waals surface area (Å²) < 4.78 is 2.29. The van der Waals surface area contributed by atoms with E-state index in [9.17, 15) is 0 Å². The Morgan fingerprint density at radius 1 is 1.35 bits per heavy atom. The number of hydrogen-bond acceptors (Lipinski definition) is 2. The molecule has 0 spiro atoms. The van der Waals surface area contributed by atoms with Gasteiger partial charge in [-0.25, -0.2) is 4.98 Å². The standard InChI is InChI=1S/C14H21N3/c1-5-14(3,4)9-17-10(2)16-12-8-11(15)6-7-13(12)17/h6-8H,5,9,15H2,1-4H3. The van der Waals surface area contributed by atoms with E-state index < -0.39 is 0 Å². The van der Waals surface area contributed by atoms with Crippen LogP contribution in [0.1, 0.15) is 33.0 Å². The molecule has 2 N–H and O–H groups in total. The molecule has 2 rings (SSSR count). The molecular formula is C14H21N3. The second-order valence-electron chi connectivity index (χ2n) is 5.51. The van der Waals surface area contributed by atoms with Crippen molar-refractivity contribution in [1.82, 2.24) is 9.55 Å². The molecule has 0 amide bonds. The zero-order valence-corrected chi connectivity index (χ0v) is 11.1. The van der Waals surface area contributed by atoms with Crippen molar-refractivity contribution in [2.75, 3.05) is 5.73 Å². The van der Waals surface area contributed by atoms with Gasteiger partial charge in [0, 0.05) is 12.2 Å². The van der Waals surface area contributed by atoms with Crippen molar-refractivity contribution in [1.29, 1.82) is 0 Å². The van der Waals surface area contributed by atoms with Crippen LogP contribution in [0.4, 0.5) is 5.69 Å². The minimum absolute atomic E-state index is 0.291. The smallest absolute Gasteiger partial charge is 0.106 e. The first-order valence-electron chi connectivity index (χ1n) is 6.15. The van der Waals surface area contributed by atoms with Crippen LogP contribution in [0.25, 0.3) is 11.0 Å². The highest BCUT2D eigenvalue weighted by Gasteiger charge is 2.18. The van der Waals surface area contributed by atoms with Crippen molar-refractivity contribution in [3.05, 3.63) is 24.0 Å². The van der Waals surface area contributed by atoms with Gasteiger partial charge in [-0.15, -0.1) is 0 Å². The summed E-state index contributed by atoms with van der Waals surface area (Å²) >= 11 is 0. The fourth-order valence-electron chi connectivity index (χ4n) is 2.01. The maximum absolute atomic E-state index is 5.79. The quantitative estimate of drug-likeness (QED) is 0.823. The SMILES string of the molecule is CCC(C)(C)Cn1c(C)nc2cc(N)ccc21. The van der Waals surface area contributed by atoms with E-state index >= 15 is 0 Å². The molecule has 0 fully saturated rings. The number of anilines is 1. The molecule has 2 aromatic rings. The minimum atomic E-state index is 0.291. The Hall–Kier alpha value is -1.51. The Labute approximate surface area is 103 Å². The van der Waals surface area contributed by atoms with Gasteiger partial charge in [0.25, 0.3) is 0 Å². The van der Waals surface area contributed by atoms with E-state index in [4.69, 9.17) is 5.73 Å². The Bertz CT molecular complexity index is 538. The number of fused-ring (bicyclic) bond motifs is 1. The highest BCUT2D eigenvalue weighted by molar-refractivity contribution is 5.79. The number of aryl methyl sites for hydroxylation is 1. The second kappa shape index (κ2) is 4.06. The lowest BCUT2D eigenvalue weighted by Crippen LogP contribution is -2.19. The number of rotatable bonds is 3. The van der Waals surface area contributed by atoms with Crippen LogP contribution < -0.4 is 5.73 Å². The van der Waals surface area contributed by atoms with E-state index in [0.29, 0.717) is 5.41 Å². The molecule has 0 atom stereocenters. The van der Waals surface area contributed by atoms with Crippen LogP contribution in [-0.2, 0) is 6.54 Å². The van der Waals surface area contributed by atoms with Gasteiger partial charge in [-0.2, -0.15) is 0 Å². The van der Waals surface area contributed by atoms with E-state index in [-0.39, 0.29) is 0 Å². The summed E-state index contributed by atoms with van der Waals surface area (Å²) in [7, 11) is 0. The fraction of sp³-hybridized carbons (Fsp3) is 0.500. The molecule has 3 heteroatoms. The molecule has 0 saturated heterocycles. The van der Waals surface area contributed by atoms with Gasteiger partial charge in [-0.3, -0.25) is 0 Å². The zero-order chi connectivity index (χ0) is 12.6. The highest BCUT2D eigenvalue weighted by atomic mass is 15.1. The maximum atomic E-state index is 5.79. The third-order valence-corrected chi connectivity index (χ3v) is 3.51. The molecule has 0 aliphatic heterocycles. The molecule has 92 valence electrons. The normalized spacial score (nSPS) is 12.2. The largest absolute Gasteiger partial charge is 0.399 e. The van der Waals surface area contributed by atoms with Crippen molar-refractivity contribution in [2.45, 2.75) is 40.7 Å². The molecule has 0 aliphatic carbocycles. The van der Waals surface area contributed by atoms with Gasteiger partial charge in [0.1, 0.15) is 5.82 Å². The van der Waals surface area contributed by atoms with E-state index in [1.54, 1.807) is 0 Å². The molecule has 0 saturated carbocycles. The third-order valence-electron chi connectivity index (χ3n) is 3.51. The number of nitrogens with two attached hydrogens (primary N) is 1. The Kier molecular flexibility index (Phi) is 2.86. The molecule has 3 nitrogen and oxygen atoms in total. The lowest BCUT2D eigenvalue weighted by Gasteiger charge is -2.24. The van der Waals surface area contributed by atoms with E-state index in [0.717, 1.165) is 30.0 Å². The lowest BCUT2D eigenvalue weighted by molar-refractivity contribution is 0.296. The minimum Gasteiger partial charge on any atom is -0.399 e. The lowest BCUT2D eigenvalue weighted by atomic mass is 9.90. The van der Waals surface area contributed by atoms with Gasteiger partial charge in [0.05, 0.1) is 11.0 Å². The average Bonchev–Trinajstić information content (AvgIpc) is 2.54. The van der Waals surface area contributed by atoms with Crippen molar-refractivity contribution in [3.63, 3.8) is 0 Å². The van der Waals surface area contributed by atoms with Crippen molar-refractivity contribution in [2.24, 2.45) is 5.41 Å². The molecule has 0 aliphatic rings. The van der Waals surface area contributed by atoms with Gasteiger partial charge in [-0.05, 0) is 37.0 Å². The van der Waals surface area contributed by atoms with E-state index in [2.05, 4.69) is 43.3 Å². The maximum Gasteiger partial charge on any atom is 0.106 e. The summed E-state index contributed by atoms with van der Waals surface area (Å²) in [4.78, 5) is 4.58. The Morgan fingerprint density at radius 2 is 2.06 bits per heavy atom.